The molecule has 0 radical (unpaired) electrons. The third kappa shape index (κ3) is 4.11. The summed E-state index contributed by atoms with van der Waals surface area (Å²) in [5, 5.41) is 3.50. The van der Waals surface area contributed by atoms with Crippen LogP contribution in [0.5, 0.6) is 0 Å². The molecule has 0 aliphatic rings. The number of hydrogen-bond donors (Lipinski definition) is 2. The second-order valence-electron chi connectivity index (χ2n) is 4.79. The summed E-state index contributed by atoms with van der Waals surface area (Å²) in [4.78, 5) is 12.6. The van der Waals surface area contributed by atoms with E-state index in [1.807, 2.05) is 11.8 Å². The SMILES string of the molecule is CSCCCCCNC(=O)c1sc2ccc(F)cc2c1N. The molecule has 0 saturated heterocycles. The maximum atomic E-state index is 13.2. The predicted octanol–water partition coefficient (Wildman–Crippen LogP) is 3.89. The zero-order valence-corrected chi connectivity index (χ0v) is 13.6. The quantitative estimate of drug-likeness (QED) is 0.759. The Morgan fingerprint density at radius 1 is 1.38 bits per heavy atom. The number of nitrogens with two attached hydrogens (primary N) is 1. The molecule has 6 heteroatoms. The number of thioether (sulfide) groups is 1. The second-order valence-corrected chi connectivity index (χ2v) is 6.83. The van der Waals surface area contributed by atoms with Crippen LogP contribution in [0.2, 0.25) is 0 Å². The zero-order chi connectivity index (χ0) is 15.2. The van der Waals surface area contributed by atoms with E-state index in [1.54, 1.807) is 6.07 Å². The molecule has 2 rings (SSSR count). The van der Waals surface area contributed by atoms with E-state index in [0.29, 0.717) is 22.5 Å². The van der Waals surface area contributed by atoms with Gasteiger partial charge in [0.05, 0.1) is 5.69 Å². The molecule has 1 aromatic carbocycles. The van der Waals surface area contributed by atoms with Crippen LogP contribution in [0.15, 0.2) is 18.2 Å². The molecule has 3 nitrogen and oxygen atoms in total. The van der Waals surface area contributed by atoms with Gasteiger partial charge >= 0.3 is 0 Å². The number of thiophene rings is 1. The highest BCUT2D eigenvalue weighted by molar-refractivity contribution is 7.98. The molecule has 1 amide bonds. The fourth-order valence-electron chi connectivity index (χ4n) is 2.09. The van der Waals surface area contributed by atoms with E-state index in [-0.39, 0.29) is 11.7 Å². The monoisotopic (exact) mass is 326 g/mol. The van der Waals surface area contributed by atoms with E-state index >= 15 is 0 Å². The summed E-state index contributed by atoms with van der Waals surface area (Å²) in [5.41, 5.74) is 6.33. The van der Waals surface area contributed by atoms with Crippen molar-refractivity contribution in [2.24, 2.45) is 0 Å². The molecule has 0 saturated carbocycles. The lowest BCUT2D eigenvalue weighted by Gasteiger charge is -2.04. The van der Waals surface area contributed by atoms with Gasteiger partial charge in [-0.3, -0.25) is 4.79 Å². The molecule has 0 aliphatic carbocycles. The molecule has 1 heterocycles. The van der Waals surface area contributed by atoms with Crippen LogP contribution in [-0.2, 0) is 0 Å². The highest BCUT2D eigenvalue weighted by Gasteiger charge is 2.16. The van der Waals surface area contributed by atoms with E-state index in [0.717, 1.165) is 23.3 Å². The van der Waals surface area contributed by atoms with Gasteiger partial charge < -0.3 is 11.1 Å². The van der Waals surface area contributed by atoms with Crippen molar-refractivity contribution in [3.8, 4) is 0 Å². The van der Waals surface area contributed by atoms with Crippen LogP contribution in [0.3, 0.4) is 0 Å². The minimum atomic E-state index is -0.340. The first-order valence-electron chi connectivity index (χ1n) is 6.88. The minimum absolute atomic E-state index is 0.168. The Bertz CT molecular complexity index is 627. The summed E-state index contributed by atoms with van der Waals surface area (Å²) in [6.45, 7) is 0.648. The number of nitrogens with one attached hydrogen (secondary N) is 1. The molecule has 0 atom stereocenters. The van der Waals surface area contributed by atoms with Gasteiger partial charge in [0.2, 0.25) is 0 Å². The largest absolute Gasteiger partial charge is 0.397 e. The number of benzene rings is 1. The molecular weight excluding hydrogens is 307 g/mol. The van der Waals surface area contributed by atoms with Crippen molar-refractivity contribution in [3.05, 3.63) is 28.9 Å². The fourth-order valence-corrected chi connectivity index (χ4v) is 3.60. The van der Waals surface area contributed by atoms with Gasteiger partial charge in [-0.25, -0.2) is 4.39 Å². The Morgan fingerprint density at radius 2 is 2.19 bits per heavy atom. The first kappa shape index (κ1) is 16.1. The maximum absolute atomic E-state index is 13.2. The molecule has 0 unspecified atom stereocenters. The summed E-state index contributed by atoms with van der Waals surface area (Å²) in [7, 11) is 0. The van der Waals surface area contributed by atoms with Crippen molar-refractivity contribution in [2.45, 2.75) is 19.3 Å². The van der Waals surface area contributed by atoms with E-state index in [9.17, 15) is 9.18 Å². The molecule has 0 aliphatic heterocycles. The third-order valence-electron chi connectivity index (χ3n) is 3.21. The highest BCUT2D eigenvalue weighted by Crippen LogP contribution is 2.33. The van der Waals surface area contributed by atoms with Crippen LogP contribution in [0.1, 0.15) is 28.9 Å². The average molecular weight is 326 g/mol. The van der Waals surface area contributed by atoms with Gasteiger partial charge in [0.1, 0.15) is 10.7 Å². The molecule has 0 bridgehead atoms. The average Bonchev–Trinajstić information content (AvgIpc) is 2.79. The first-order valence-corrected chi connectivity index (χ1v) is 9.09. The predicted molar refractivity (Wildman–Crippen MR) is 90.8 cm³/mol. The molecule has 1 aromatic heterocycles. The summed E-state index contributed by atoms with van der Waals surface area (Å²) in [6.07, 6.45) is 5.33. The molecule has 2 aromatic rings. The summed E-state index contributed by atoms with van der Waals surface area (Å²) >= 11 is 3.14. The smallest absolute Gasteiger partial charge is 0.263 e. The van der Waals surface area contributed by atoms with Crippen molar-refractivity contribution in [1.82, 2.24) is 5.32 Å². The zero-order valence-electron chi connectivity index (χ0n) is 11.9. The van der Waals surface area contributed by atoms with E-state index in [4.69, 9.17) is 5.73 Å². The lowest BCUT2D eigenvalue weighted by Crippen LogP contribution is -2.24. The number of unbranched alkanes of at least 4 members (excludes halogenated alkanes) is 2. The van der Waals surface area contributed by atoms with Gasteiger partial charge in [-0.05, 0) is 43.0 Å². The topological polar surface area (TPSA) is 55.1 Å². The first-order chi connectivity index (χ1) is 10.1. The second kappa shape index (κ2) is 7.66. The van der Waals surface area contributed by atoms with E-state index < -0.39 is 0 Å². The Balaban J connectivity index is 1.95. The van der Waals surface area contributed by atoms with Crippen LogP contribution in [-0.4, -0.2) is 24.5 Å². The Hall–Kier alpha value is -1.27. The van der Waals surface area contributed by atoms with Gasteiger partial charge in [0, 0.05) is 16.6 Å². The van der Waals surface area contributed by atoms with E-state index in [1.165, 1.54) is 29.9 Å². The Kier molecular flexibility index (Phi) is 5.87. The number of amides is 1. The summed E-state index contributed by atoms with van der Waals surface area (Å²) in [5.74, 6) is 0.648. The lowest BCUT2D eigenvalue weighted by atomic mass is 10.2. The number of rotatable bonds is 7. The Morgan fingerprint density at radius 3 is 2.95 bits per heavy atom. The minimum Gasteiger partial charge on any atom is -0.397 e. The van der Waals surface area contributed by atoms with Crippen LogP contribution < -0.4 is 11.1 Å². The Labute approximate surface area is 132 Å². The maximum Gasteiger partial charge on any atom is 0.263 e. The number of halogens is 1. The van der Waals surface area contributed by atoms with E-state index in [2.05, 4.69) is 11.6 Å². The van der Waals surface area contributed by atoms with Crippen molar-refractivity contribution in [2.75, 3.05) is 24.3 Å². The fraction of sp³-hybridized carbons (Fsp3) is 0.400. The van der Waals surface area contributed by atoms with Crippen LogP contribution in [0.25, 0.3) is 10.1 Å². The lowest BCUT2D eigenvalue weighted by molar-refractivity contribution is 0.0958. The molecule has 0 fully saturated rings. The summed E-state index contributed by atoms with van der Waals surface area (Å²) < 4.78 is 14.1. The molecule has 114 valence electrons. The van der Waals surface area contributed by atoms with Crippen LogP contribution in [0, 0.1) is 5.82 Å². The highest BCUT2D eigenvalue weighted by atomic mass is 32.2. The third-order valence-corrected chi connectivity index (χ3v) is 5.09. The molecule has 21 heavy (non-hydrogen) atoms. The van der Waals surface area contributed by atoms with Crippen molar-refractivity contribution < 1.29 is 9.18 Å². The standard InChI is InChI=1S/C15H19FN2OS2/c1-20-8-4-2-3-7-18-15(19)14-13(17)11-9-10(16)5-6-12(11)21-14/h5-6,9H,2-4,7-8,17H2,1H3,(H,18,19). The van der Waals surface area contributed by atoms with Crippen LogP contribution in [0.4, 0.5) is 10.1 Å². The van der Waals surface area contributed by atoms with Crippen LogP contribution >= 0.6 is 23.1 Å². The van der Waals surface area contributed by atoms with Gasteiger partial charge in [0.25, 0.3) is 5.91 Å². The van der Waals surface area contributed by atoms with Crippen molar-refractivity contribution >= 4 is 44.8 Å². The van der Waals surface area contributed by atoms with Gasteiger partial charge in [-0.15, -0.1) is 11.3 Å². The normalized spacial score (nSPS) is 11.0. The number of anilines is 1. The van der Waals surface area contributed by atoms with Gasteiger partial charge in [0.15, 0.2) is 0 Å². The number of nitrogen functional groups attached to an aromatic ring is 1. The number of carbonyl (C=O) groups is 1. The van der Waals surface area contributed by atoms with Crippen molar-refractivity contribution in [3.63, 3.8) is 0 Å². The number of hydrogen-bond acceptors (Lipinski definition) is 4. The molecule has 3 N–H and O–H groups in total. The van der Waals surface area contributed by atoms with Crippen molar-refractivity contribution in [1.29, 1.82) is 0 Å². The van der Waals surface area contributed by atoms with Gasteiger partial charge in [-0.2, -0.15) is 11.8 Å². The molecule has 0 spiro atoms. The summed E-state index contributed by atoms with van der Waals surface area (Å²) in [6, 6.07) is 4.41. The molecular formula is C15H19FN2OS2. The number of carbonyl (C=O) groups excluding carboxylic acids is 1. The number of fused-ring (bicyclic) bond motifs is 1. The van der Waals surface area contributed by atoms with Gasteiger partial charge in [-0.1, -0.05) is 6.42 Å².